The second kappa shape index (κ2) is 5.82. The average molecular weight is 250 g/mol. The fourth-order valence-corrected chi connectivity index (χ4v) is 2.28. The number of thiophene rings is 1. The van der Waals surface area contributed by atoms with Crippen LogP contribution in [-0.2, 0) is 10.3 Å². The van der Waals surface area contributed by atoms with Crippen LogP contribution < -0.4 is 5.32 Å². The SMILES string of the molecule is COCCNCC(C)(O)c1ccc(Cl)s1. The average Bonchev–Trinajstić information content (AvgIpc) is 2.60. The molecule has 0 bridgehead atoms. The van der Waals surface area contributed by atoms with Crippen LogP contribution in [0.5, 0.6) is 0 Å². The highest BCUT2D eigenvalue weighted by atomic mass is 35.5. The van der Waals surface area contributed by atoms with Crippen LogP contribution in [-0.4, -0.2) is 31.9 Å². The number of ether oxygens (including phenoxy) is 1. The van der Waals surface area contributed by atoms with E-state index in [0.29, 0.717) is 17.5 Å². The molecule has 0 saturated carbocycles. The normalized spacial score (nSPS) is 15.2. The van der Waals surface area contributed by atoms with Crippen LogP contribution in [0, 0.1) is 0 Å². The number of aliphatic hydroxyl groups is 1. The molecule has 0 amide bonds. The predicted molar refractivity (Wildman–Crippen MR) is 63.6 cm³/mol. The summed E-state index contributed by atoms with van der Waals surface area (Å²) >= 11 is 7.22. The Labute approximate surface area is 99.0 Å². The third-order valence-corrected chi connectivity index (χ3v) is 3.54. The van der Waals surface area contributed by atoms with Crippen LogP contribution in [0.4, 0.5) is 0 Å². The molecule has 1 aromatic rings. The quantitative estimate of drug-likeness (QED) is 0.756. The Hall–Kier alpha value is -0.130. The van der Waals surface area contributed by atoms with E-state index in [1.165, 1.54) is 11.3 Å². The maximum absolute atomic E-state index is 10.1. The fourth-order valence-electron chi connectivity index (χ4n) is 1.20. The first kappa shape index (κ1) is 12.9. The summed E-state index contributed by atoms with van der Waals surface area (Å²) in [4.78, 5) is 0.873. The molecule has 15 heavy (non-hydrogen) atoms. The van der Waals surface area contributed by atoms with E-state index in [9.17, 15) is 5.11 Å². The van der Waals surface area contributed by atoms with Crippen molar-refractivity contribution in [2.45, 2.75) is 12.5 Å². The van der Waals surface area contributed by atoms with Gasteiger partial charge in [-0.3, -0.25) is 0 Å². The van der Waals surface area contributed by atoms with E-state index in [-0.39, 0.29) is 0 Å². The standard InChI is InChI=1S/C10H16ClNO2S/c1-10(13,7-12-5-6-14-2)8-3-4-9(11)15-8/h3-4,12-13H,5-7H2,1-2H3. The molecule has 0 fully saturated rings. The Kier molecular flexibility index (Phi) is 5.02. The molecule has 0 aliphatic carbocycles. The summed E-state index contributed by atoms with van der Waals surface area (Å²) in [7, 11) is 1.65. The molecule has 2 N–H and O–H groups in total. The van der Waals surface area contributed by atoms with E-state index in [1.54, 1.807) is 20.1 Å². The second-order valence-corrected chi connectivity index (χ2v) is 5.26. The molecule has 0 aliphatic rings. The zero-order valence-corrected chi connectivity index (χ0v) is 10.5. The van der Waals surface area contributed by atoms with Gasteiger partial charge in [0.1, 0.15) is 5.60 Å². The largest absolute Gasteiger partial charge is 0.383 e. The van der Waals surface area contributed by atoms with Gasteiger partial charge in [-0.25, -0.2) is 0 Å². The lowest BCUT2D eigenvalue weighted by Crippen LogP contribution is -2.36. The third-order valence-electron chi connectivity index (χ3n) is 2.06. The summed E-state index contributed by atoms with van der Waals surface area (Å²) in [5, 5.41) is 13.3. The van der Waals surface area contributed by atoms with E-state index >= 15 is 0 Å². The molecular weight excluding hydrogens is 234 g/mol. The van der Waals surface area contributed by atoms with Crippen molar-refractivity contribution in [2.75, 3.05) is 26.8 Å². The van der Waals surface area contributed by atoms with Gasteiger partial charge in [0.05, 0.1) is 10.9 Å². The van der Waals surface area contributed by atoms with Crippen molar-refractivity contribution in [1.82, 2.24) is 5.32 Å². The molecule has 0 saturated heterocycles. The third kappa shape index (κ3) is 4.09. The number of nitrogens with one attached hydrogen (secondary N) is 1. The summed E-state index contributed by atoms with van der Waals surface area (Å²) in [6, 6.07) is 3.65. The first-order valence-corrected chi connectivity index (χ1v) is 5.93. The minimum absolute atomic E-state index is 0.493. The van der Waals surface area contributed by atoms with Crippen molar-refractivity contribution in [3.63, 3.8) is 0 Å². The Morgan fingerprint density at radius 3 is 2.87 bits per heavy atom. The van der Waals surface area contributed by atoms with Crippen LogP contribution in [0.2, 0.25) is 4.34 Å². The molecule has 0 radical (unpaired) electrons. The van der Waals surface area contributed by atoms with Crippen LogP contribution in [0.15, 0.2) is 12.1 Å². The summed E-state index contributed by atoms with van der Waals surface area (Å²) in [5.41, 5.74) is -0.869. The van der Waals surface area contributed by atoms with Crippen LogP contribution in [0.3, 0.4) is 0 Å². The molecule has 0 aliphatic heterocycles. The Morgan fingerprint density at radius 2 is 2.33 bits per heavy atom. The topological polar surface area (TPSA) is 41.5 Å². The molecule has 0 aromatic carbocycles. The predicted octanol–water partition coefficient (Wildman–Crippen LogP) is 1.84. The first-order chi connectivity index (χ1) is 7.06. The van der Waals surface area contributed by atoms with Crippen LogP contribution in [0.25, 0.3) is 0 Å². The number of methoxy groups -OCH3 is 1. The van der Waals surface area contributed by atoms with Gasteiger partial charge in [0, 0.05) is 25.1 Å². The van der Waals surface area contributed by atoms with Crippen molar-refractivity contribution in [2.24, 2.45) is 0 Å². The van der Waals surface area contributed by atoms with Crippen molar-refractivity contribution in [3.8, 4) is 0 Å². The summed E-state index contributed by atoms with van der Waals surface area (Å²) < 4.78 is 5.60. The second-order valence-electron chi connectivity index (χ2n) is 3.55. The highest BCUT2D eigenvalue weighted by Gasteiger charge is 2.24. The van der Waals surface area contributed by atoms with E-state index in [0.717, 1.165) is 11.4 Å². The van der Waals surface area contributed by atoms with E-state index in [4.69, 9.17) is 16.3 Å². The Balaban J connectivity index is 2.44. The minimum Gasteiger partial charge on any atom is -0.383 e. The molecule has 86 valence electrons. The van der Waals surface area contributed by atoms with Crippen molar-refractivity contribution >= 4 is 22.9 Å². The highest BCUT2D eigenvalue weighted by Crippen LogP contribution is 2.30. The molecule has 3 nitrogen and oxygen atoms in total. The Bertz CT molecular complexity index is 301. The van der Waals surface area contributed by atoms with Gasteiger partial charge >= 0.3 is 0 Å². The smallest absolute Gasteiger partial charge is 0.108 e. The van der Waals surface area contributed by atoms with Crippen molar-refractivity contribution in [3.05, 3.63) is 21.3 Å². The maximum Gasteiger partial charge on any atom is 0.108 e. The first-order valence-electron chi connectivity index (χ1n) is 4.74. The van der Waals surface area contributed by atoms with Crippen LogP contribution >= 0.6 is 22.9 Å². The summed E-state index contributed by atoms with van der Waals surface area (Å²) in [6.45, 7) is 3.63. The molecule has 1 rings (SSSR count). The molecule has 0 spiro atoms. The lowest BCUT2D eigenvalue weighted by molar-refractivity contribution is 0.0587. The maximum atomic E-state index is 10.1. The van der Waals surface area contributed by atoms with Gasteiger partial charge in [-0.05, 0) is 19.1 Å². The minimum atomic E-state index is -0.869. The Morgan fingerprint density at radius 1 is 1.60 bits per heavy atom. The number of rotatable bonds is 6. The molecule has 1 heterocycles. The van der Waals surface area contributed by atoms with Crippen molar-refractivity contribution in [1.29, 1.82) is 0 Å². The summed E-state index contributed by atoms with van der Waals surface area (Å²) in [6.07, 6.45) is 0. The van der Waals surface area contributed by atoms with Gasteiger partial charge in [-0.1, -0.05) is 11.6 Å². The number of hydrogen-bond acceptors (Lipinski definition) is 4. The van der Waals surface area contributed by atoms with Gasteiger partial charge in [0.15, 0.2) is 0 Å². The zero-order valence-electron chi connectivity index (χ0n) is 8.92. The van der Waals surface area contributed by atoms with Gasteiger partial charge < -0.3 is 15.2 Å². The van der Waals surface area contributed by atoms with E-state index in [2.05, 4.69) is 5.32 Å². The van der Waals surface area contributed by atoms with Gasteiger partial charge in [-0.15, -0.1) is 11.3 Å². The van der Waals surface area contributed by atoms with Crippen LogP contribution in [0.1, 0.15) is 11.8 Å². The molecule has 1 aromatic heterocycles. The van der Waals surface area contributed by atoms with Gasteiger partial charge in [0.2, 0.25) is 0 Å². The zero-order chi connectivity index (χ0) is 11.3. The van der Waals surface area contributed by atoms with Crippen molar-refractivity contribution < 1.29 is 9.84 Å². The van der Waals surface area contributed by atoms with Gasteiger partial charge in [-0.2, -0.15) is 0 Å². The fraction of sp³-hybridized carbons (Fsp3) is 0.600. The molecular formula is C10H16ClNO2S. The molecule has 1 unspecified atom stereocenters. The van der Waals surface area contributed by atoms with E-state index < -0.39 is 5.60 Å². The molecule has 5 heteroatoms. The molecule has 1 atom stereocenters. The lowest BCUT2D eigenvalue weighted by atomic mass is 10.1. The monoisotopic (exact) mass is 249 g/mol. The summed E-state index contributed by atoms with van der Waals surface area (Å²) in [5.74, 6) is 0. The number of halogens is 1. The van der Waals surface area contributed by atoms with E-state index in [1.807, 2.05) is 6.07 Å². The van der Waals surface area contributed by atoms with Gasteiger partial charge in [0.25, 0.3) is 0 Å². The number of hydrogen-bond donors (Lipinski definition) is 2. The highest BCUT2D eigenvalue weighted by molar-refractivity contribution is 7.16. The lowest BCUT2D eigenvalue weighted by Gasteiger charge is -2.22.